The van der Waals surface area contributed by atoms with Gasteiger partial charge in [0.2, 0.25) is 0 Å². The van der Waals surface area contributed by atoms with Crippen LogP contribution in [0.2, 0.25) is 0 Å². The highest BCUT2D eigenvalue weighted by Gasteiger charge is 2.11. The second-order valence-electron chi connectivity index (χ2n) is 3.20. The highest BCUT2D eigenvalue weighted by atomic mass is 19.1. The van der Waals surface area contributed by atoms with Crippen LogP contribution in [0.1, 0.15) is 47.1 Å². The van der Waals surface area contributed by atoms with E-state index in [2.05, 4.69) is 0 Å². The van der Waals surface area contributed by atoms with E-state index in [9.17, 15) is 13.6 Å². The minimum absolute atomic E-state index is 0.146. The largest absolute Gasteiger partial charge is 0.480 e. The molecule has 0 radical (unpaired) electrons. The molecule has 0 aromatic heterocycles. The molecular formula is C16H29F2NO3. The predicted octanol–water partition coefficient (Wildman–Crippen LogP) is 3.97. The Hall–Kier alpha value is -1.53. The molecule has 1 rings (SSSR count). The van der Waals surface area contributed by atoms with E-state index in [-0.39, 0.29) is 18.8 Å². The summed E-state index contributed by atoms with van der Waals surface area (Å²) >= 11 is 0. The predicted molar refractivity (Wildman–Crippen MR) is 85.7 cm³/mol. The second kappa shape index (κ2) is 17.5. The normalized spacial score (nSPS) is 9.86. The molecule has 6 heteroatoms. The van der Waals surface area contributed by atoms with Crippen molar-refractivity contribution in [3.05, 3.63) is 35.4 Å². The molecule has 0 aliphatic heterocycles. The van der Waals surface area contributed by atoms with E-state index in [0.717, 1.165) is 12.1 Å². The van der Waals surface area contributed by atoms with Crippen LogP contribution in [0.5, 0.6) is 0 Å². The fraction of sp³-hybridized carbons (Fsp3) is 0.562. The third kappa shape index (κ3) is 12.2. The van der Waals surface area contributed by atoms with E-state index in [1.165, 1.54) is 6.07 Å². The fourth-order valence-electron chi connectivity index (χ4n) is 1.01. The molecule has 1 aromatic carbocycles. The summed E-state index contributed by atoms with van der Waals surface area (Å²) in [5, 5.41) is 8.44. The summed E-state index contributed by atoms with van der Waals surface area (Å²) in [6.45, 7) is 11.6. The lowest BCUT2D eigenvalue weighted by Gasteiger charge is -2.08. The molecule has 4 nitrogen and oxygen atoms in total. The molecular weight excluding hydrogens is 292 g/mol. The summed E-state index contributed by atoms with van der Waals surface area (Å²) in [7, 11) is 0. The van der Waals surface area contributed by atoms with Gasteiger partial charge < -0.3 is 15.6 Å². The average Bonchev–Trinajstić information content (AvgIpc) is 2.55. The Labute approximate surface area is 132 Å². The fourth-order valence-corrected chi connectivity index (χ4v) is 1.01. The Balaban J connectivity index is -0.000000535. The molecule has 130 valence electrons. The van der Waals surface area contributed by atoms with Crippen molar-refractivity contribution in [3.8, 4) is 0 Å². The van der Waals surface area contributed by atoms with Gasteiger partial charge in [0.15, 0.2) is 0 Å². The molecule has 0 saturated heterocycles. The van der Waals surface area contributed by atoms with Crippen LogP contribution in [0, 0.1) is 11.6 Å². The number of hydrogen-bond donors (Lipinski definition) is 2. The Morgan fingerprint density at radius 2 is 1.68 bits per heavy atom. The zero-order chi connectivity index (χ0) is 18.1. The first-order valence-electron chi connectivity index (χ1n) is 7.50. The highest BCUT2D eigenvalue weighted by Crippen LogP contribution is 2.10. The van der Waals surface area contributed by atoms with Gasteiger partial charge in [-0.05, 0) is 6.07 Å². The quantitative estimate of drug-likeness (QED) is 0.860. The first kappa shape index (κ1) is 25.4. The van der Waals surface area contributed by atoms with Gasteiger partial charge in [-0.2, -0.15) is 0 Å². The van der Waals surface area contributed by atoms with Gasteiger partial charge in [-0.3, -0.25) is 4.79 Å². The third-order valence-electron chi connectivity index (χ3n) is 1.89. The highest BCUT2D eigenvalue weighted by molar-refractivity contribution is 5.73. The summed E-state index contributed by atoms with van der Waals surface area (Å²) in [5.41, 5.74) is 5.32. The molecule has 1 aromatic rings. The van der Waals surface area contributed by atoms with E-state index in [4.69, 9.17) is 15.6 Å². The number of benzene rings is 1. The maximum Gasteiger partial charge on any atom is 0.322 e. The average molecular weight is 321 g/mol. The Bertz CT molecular complexity index is 388. The molecule has 0 aliphatic rings. The van der Waals surface area contributed by atoms with Gasteiger partial charge in [-0.25, -0.2) is 8.78 Å². The van der Waals surface area contributed by atoms with Gasteiger partial charge in [0.1, 0.15) is 17.7 Å². The van der Waals surface area contributed by atoms with Gasteiger partial charge >= 0.3 is 5.97 Å². The number of carboxylic acid groups (broad SMARTS) is 1. The molecule has 0 spiro atoms. The van der Waals surface area contributed by atoms with Crippen molar-refractivity contribution in [2.75, 3.05) is 6.61 Å². The van der Waals surface area contributed by atoms with E-state index in [1.54, 1.807) is 0 Å². The molecule has 0 fully saturated rings. The second-order valence-corrected chi connectivity index (χ2v) is 3.20. The van der Waals surface area contributed by atoms with Gasteiger partial charge in [-0.1, -0.05) is 47.6 Å². The summed E-state index contributed by atoms with van der Waals surface area (Å²) in [5.74, 6) is -2.60. The monoisotopic (exact) mass is 321 g/mol. The van der Waals surface area contributed by atoms with Crippen molar-refractivity contribution >= 4 is 5.97 Å². The molecule has 0 aliphatic carbocycles. The minimum Gasteiger partial charge on any atom is -0.480 e. The number of rotatable bonds is 5. The summed E-state index contributed by atoms with van der Waals surface area (Å²) in [4.78, 5) is 10.3. The van der Waals surface area contributed by atoms with Crippen LogP contribution in [0.25, 0.3) is 0 Å². The Morgan fingerprint density at radius 1 is 1.18 bits per heavy atom. The zero-order valence-electron chi connectivity index (χ0n) is 14.3. The maximum absolute atomic E-state index is 13.1. The Morgan fingerprint density at radius 3 is 2.09 bits per heavy atom. The number of carbonyl (C=O) groups is 1. The van der Waals surface area contributed by atoms with Crippen LogP contribution in [-0.4, -0.2) is 23.7 Å². The molecule has 0 heterocycles. The van der Waals surface area contributed by atoms with E-state index in [0.29, 0.717) is 0 Å². The van der Waals surface area contributed by atoms with Crippen LogP contribution in [0.3, 0.4) is 0 Å². The summed E-state index contributed by atoms with van der Waals surface area (Å²) < 4.78 is 30.5. The lowest BCUT2D eigenvalue weighted by Crippen LogP contribution is -2.34. The minimum atomic E-state index is -1.19. The molecule has 0 saturated carbocycles. The van der Waals surface area contributed by atoms with Gasteiger partial charge in [0, 0.05) is 11.6 Å². The SMILES string of the molecule is CC.CC.CC.NC(COCc1ccc(F)cc1F)C(=O)O. The van der Waals surface area contributed by atoms with Crippen LogP contribution < -0.4 is 5.73 Å². The molecule has 3 N–H and O–H groups in total. The zero-order valence-corrected chi connectivity index (χ0v) is 14.3. The number of nitrogens with two attached hydrogens (primary N) is 1. The third-order valence-corrected chi connectivity index (χ3v) is 1.89. The number of hydrogen-bond acceptors (Lipinski definition) is 3. The summed E-state index contributed by atoms with van der Waals surface area (Å²) in [6.07, 6.45) is 0. The Kier molecular flexibility index (Phi) is 20.2. The van der Waals surface area contributed by atoms with Crippen molar-refractivity contribution in [1.29, 1.82) is 0 Å². The van der Waals surface area contributed by atoms with E-state index >= 15 is 0 Å². The van der Waals surface area contributed by atoms with Crippen molar-refractivity contribution < 1.29 is 23.4 Å². The number of carboxylic acids is 1. The van der Waals surface area contributed by atoms with Crippen molar-refractivity contribution in [3.63, 3.8) is 0 Å². The lowest BCUT2D eigenvalue weighted by molar-refractivity contribution is -0.140. The van der Waals surface area contributed by atoms with Crippen molar-refractivity contribution in [2.45, 2.75) is 54.2 Å². The van der Waals surface area contributed by atoms with E-state index in [1.807, 2.05) is 41.5 Å². The maximum atomic E-state index is 13.1. The van der Waals surface area contributed by atoms with Gasteiger partial charge in [0.25, 0.3) is 0 Å². The van der Waals surface area contributed by atoms with Crippen LogP contribution in [0.4, 0.5) is 8.78 Å². The smallest absolute Gasteiger partial charge is 0.322 e. The first-order chi connectivity index (χ1) is 10.5. The van der Waals surface area contributed by atoms with Crippen LogP contribution >= 0.6 is 0 Å². The van der Waals surface area contributed by atoms with Crippen molar-refractivity contribution in [1.82, 2.24) is 0 Å². The van der Waals surface area contributed by atoms with Crippen molar-refractivity contribution in [2.24, 2.45) is 5.73 Å². The number of halogens is 2. The van der Waals surface area contributed by atoms with Crippen LogP contribution in [0.15, 0.2) is 18.2 Å². The van der Waals surface area contributed by atoms with Crippen LogP contribution in [-0.2, 0) is 16.1 Å². The number of aliphatic carboxylic acids is 1. The first-order valence-corrected chi connectivity index (χ1v) is 7.50. The molecule has 0 amide bonds. The standard InChI is InChI=1S/C10H11F2NO3.3C2H6/c11-7-2-1-6(8(12)3-7)4-16-5-9(13)10(14)15;3*1-2/h1-3,9H,4-5,13H2,(H,14,15);3*1-2H3. The van der Waals surface area contributed by atoms with Gasteiger partial charge in [-0.15, -0.1) is 0 Å². The number of ether oxygens (including phenoxy) is 1. The summed E-state index contributed by atoms with van der Waals surface area (Å²) in [6, 6.07) is 1.91. The molecule has 1 atom stereocenters. The van der Waals surface area contributed by atoms with Gasteiger partial charge in [0.05, 0.1) is 13.2 Å². The molecule has 22 heavy (non-hydrogen) atoms. The van der Waals surface area contributed by atoms with E-state index < -0.39 is 23.6 Å². The lowest BCUT2D eigenvalue weighted by atomic mass is 10.2. The molecule has 1 unspecified atom stereocenters. The molecule has 0 bridgehead atoms. The topological polar surface area (TPSA) is 72.5 Å².